The Bertz CT molecular complexity index is 538. The molecular formula is C18H22O6. The van der Waals surface area contributed by atoms with Gasteiger partial charge in [-0.25, -0.2) is 9.59 Å². The molecule has 2 aromatic carbocycles. The van der Waals surface area contributed by atoms with Crippen molar-refractivity contribution in [2.24, 2.45) is 0 Å². The highest BCUT2D eigenvalue weighted by atomic mass is 16.4. The van der Waals surface area contributed by atoms with Gasteiger partial charge < -0.3 is 20.4 Å². The molecule has 0 heterocycles. The number of aliphatic hydroxyl groups excluding tert-OH is 2. The number of carboxylic acids is 2. The Balaban J connectivity index is 0.000000340. The number of aliphatic hydroxyl groups is 2. The second kappa shape index (κ2) is 11.8. The van der Waals surface area contributed by atoms with E-state index in [1.807, 2.05) is 0 Å². The second-order valence-corrected chi connectivity index (χ2v) is 4.82. The number of hydrogen-bond donors (Lipinski definition) is 4. The predicted molar refractivity (Wildman–Crippen MR) is 90.2 cm³/mol. The van der Waals surface area contributed by atoms with Gasteiger partial charge >= 0.3 is 11.9 Å². The van der Waals surface area contributed by atoms with E-state index >= 15 is 0 Å². The highest BCUT2D eigenvalue weighted by Gasteiger charge is 2.00. The Morgan fingerprint density at radius 3 is 1.04 bits per heavy atom. The van der Waals surface area contributed by atoms with Crippen molar-refractivity contribution in [1.82, 2.24) is 0 Å². The fourth-order valence-electron chi connectivity index (χ4n) is 1.16. The summed E-state index contributed by atoms with van der Waals surface area (Å²) in [4.78, 5) is 20.4. The van der Waals surface area contributed by atoms with E-state index < -0.39 is 24.1 Å². The summed E-state index contributed by atoms with van der Waals surface area (Å²) in [6.07, 6.45) is -1.19. The van der Waals surface area contributed by atoms with Crippen LogP contribution < -0.4 is 0 Å². The minimum Gasteiger partial charge on any atom is -0.478 e. The maximum absolute atomic E-state index is 10.2. The van der Waals surface area contributed by atoms with Gasteiger partial charge in [0.2, 0.25) is 0 Å². The van der Waals surface area contributed by atoms with Crippen LogP contribution in [0.4, 0.5) is 0 Å². The maximum Gasteiger partial charge on any atom is 0.335 e. The number of rotatable bonds is 3. The summed E-state index contributed by atoms with van der Waals surface area (Å²) >= 11 is 0. The summed E-state index contributed by atoms with van der Waals surface area (Å²) in [5.74, 6) is -1.76. The first-order chi connectivity index (χ1) is 11.3. The van der Waals surface area contributed by atoms with E-state index in [9.17, 15) is 9.59 Å². The van der Waals surface area contributed by atoms with Crippen molar-refractivity contribution in [3.05, 3.63) is 71.8 Å². The van der Waals surface area contributed by atoms with Gasteiger partial charge in [0, 0.05) is 0 Å². The highest BCUT2D eigenvalue weighted by Crippen LogP contribution is 1.96. The largest absolute Gasteiger partial charge is 0.478 e. The summed E-state index contributed by atoms with van der Waals surface area (Å²) in [5, 5.41) is 33.5. The Labute approximate surface area is 140 Å². The van der Waals surface area contributed by atoms with Crippen molar-refractivity contribution in [2.75, 3.05) is 0 Å². The zero-order valence-electron chi connectivity index (χ0n) is 13.5. The summed E-state index contributed by atoms with van der Waals surface area (Å²) in [6, 6.07) is 16.6. The van der Waals surface area contributed by atoms with Gasteiger partial charge in [-0.3, -0.25) is 0 Å². The van der Waals surface area contributed by atoms with Gasteiger partial charge in [0.15, 0.2) is 0 Å². The van der Waals surface area contributed by atoms with Crippen molar-refractivity contribution >= 4 is 11.9 Å². The van der Waals surface area contributed by atoms with Gasteiger partial charge in [0.05, 0.1) is 23.3 Å². The molecule has 2 aromatic rings. The van der Waals surface area contributed by atoms with Crippen molar-refractivity contribution in [3.63, 3.8) is 0 Å². The first-order valence-corrected chi connectivity index (χ1v) is 7.18. The molecule has 0 amide bonds. The number of benzene rings is 2. The third-order valence-corrected chi connectivity index (χ3v) is 2.74. The van der Waals surface area contributed by atoms with Gasteiger partial charge in [0.25, 0.3) is 0 Å². The average Bonchev–Trinajstić information content (AvgIpc) is 2.57. The minimum absolute atomic E-state index is 0.331. The van der Waals surface area contributed by atoms with Crippen molar-refractivity contribution in [3.8, 4) is 0 Å². The molecule has 2 atom stereocenters. The molecule has 0 saturated carbocycles. The molecule has 6 nitrogen and oxygen atoms in total. The standard InChI is InChI=1S/2C7H6O2.C4H10O2/c2*8-7(9)6-4-2-1-3-5-6;1-3(5)4(2)6/h2*1-5H,(H,8,9);3-6H,1-2H3. The topological polar surface area (TPSA) is 115 Å². The molecule has 0 radical (unpaired) electrons. The fourth-order valence-corrected chi connectivity index (χ4v) is 1.16. The highest BCUT2D eigenvalue weighted by molar-refractivity contribution is 5.87. The number of hydrogen-bond acceptors (Lipinski definition) is 4. The Hall–Kier alpha value is -2.70. The monoisotopic (exact) mass is 334 g/mol. The molecule has 6 heteroatoms. The van der Waals surface area contributed by atoms with Crippen LogP contribution in [0.15, 0.2) is 60.7 Å². The summed E-state index contributed by atoms with van der Waals surface area (Å²) in [7, 11) is 0. The molecule has 2 unspecified atom stereocenters. The SMILES string of the molecule is CC(O)C(C)O.O=C(O)c1ccccc1.O=C(O)c1ccccc1. The van der Waals surface area contributed by atoms with E-state index in [0.29, 0.717) is 11.1 Å². The lowest BCUT2D eigenvalue weighted by Gasteiger charge is -2.03. The van der Waals surface area contributed by atoms with Crippen molar-refractivity contribution < 1.29 is 30.0 Å². The lowest BCUT2D eigenvalue weighted by Crippen LogP contribution is -2.17. The minimum atomic E-state index is -0.879. The number of carboxylic acid groups (broad SMARTS) is 2. The Kier molecular flexibility index (Phi) is 10.5. The van der Waals surface area contributed by atoms with Crippen LogP contribution in [0.5, 0.6) is 0 Å². The maximum atomic E-state index is 10.2. The van der Waals surface area contributed by atoms with Crippen LogP contribution in [0.25, 0.3) is 0 Å². The van der Waals surface area contributed by atoms with E-state index in [-0.39, 0.29) is 0 Å². The van der Waals surface area contributed by atoms with Crippen LogP contribution in [-0.4, -0.2) is 44.6 Å². The summed E-state index contributed by atoms with van der Waals surface area (Å²) < 4.78 is 0. The zero-order valence-corrected chi connectivity index (χ0v) is 13.5. The molecular weight excluding hydrogens is 312 g/mol. The van der Waals surface area contributed by atoms with E-state index in [2.05, 4.69) is 0 Å². The van der Waals surface area contributed by atoms with Gasteiger partial charge in [-0.2, -0.15) is 0 Å². The van der Waals surface area contributed by atoms with Gasteiger partial charge in [-0.05, 0) is 38.1 Å². The molecule has 0 saturated heterocycles. The molecule has 2 rings (SSSR count). The molecule has 24 heavy (non-hydrogen) atoms. The molecule has 0 aromatic heterocycles. The van der Waals surface area contributed by atoms with E-state index in [1.54, 1.807) is 74.5 Å². The molecule has 0 aliphatic carbocycles. The zero-order chi connectivity index (χ0) is 18.5. The molecule has 0 spiro atoms. The summed E-state index contributed by atoms with van der Waals surface area (Å²) in [6.45, 7) is 3.09. The first-order valence-electron chi connectivity index (χ1n) is 7.18. The van der Waals surface area contributed by atoms with E-state index in [0.717, 1.165) is 0 Å². The van der Waals surface area contributed by atoms with Crippen molar-refractivity contribution in [2.45, 2.75) is 26.1 Å². The molecule has 0 aliphatic heterocycles. The van der Waals surface area contributed by atoms with Gasteiger partial charge in [-0.1, -0.05) is 36.4 Å². The fraction of sp³-hybridized carbons (Fsp3) is 0.222. The number of carbonyl (C=O) groups is 2. The van der Waals surface area contributed by atoms with Gasteiger partial charge in [-0.15, -0.1) is 0 Å². The predicted octanol–water partition coefficient (Wildman–Crippen LogP) is 2.52. The lowest BCUT2D eigenvalue weighted by atomic mass is 10.2. The second-order valence-electron chi connectivity index (χ2n) is 4.82. The van der Waals surface area contributed by atoms with Gasteiger partial charge in [0.1, 0.15) is 0 Å². The third-order valence-electron chi connectivity index (χ3n) is 2.74. The van der Waals surface area contributed by atoms with Crippen molar-refractivity contribution in [1.29, 1.82) is 0 Å². The molecule has 130 valence electrons. The molecule has 0 bridgehead atoms. The van der Waals surface area contributed by atoms with Crippen LogP contribution in [0.1, 0.15) is 34.6 Å². The molecule has 4 N–H and O–H groups in total. The normalized spacial score (nSPS) is 11.7. The Morgan fingerprint density at radius 1 is 0.667 bits per heavy atom. The van der Waals surface area contributed by atoms with E-state index in [1.165, 1.54) is 0 Å². The average molecular weight is 334 g/mol. The summed E-state index contributed by atoms with van der Waals surface area (Å²) in [5.41, 5.74) is 0.662. The van der Waals surface area contributed by atoms with Crippen LogP contribution in [-0.2, 0) is 0 Å². The lowest BCUT2D eigenvalue weighted by molar-refractivity contribution is 0.0438. The van der Waals surface area contributed by atoms with Crippen LogP contribution in [0.3, 0.4) is 0 Å². The first kappa shape index (κ1) is 21.3. The smallest absolute Gasteiger partial charge is 0.335 e. The van der Waals surface area contributed by atoms with Crippen LogP contribution in [0.2, 0.25) is 0 Å². The van der Waals surface area contributed by atoms with E-state index in [4.69, 9.17) is 20.4 Å². The Morgan fingerprint density at radius 2 is 0.917 bits per heavy atom. The third kappa shape index (κ3) is 10.1. The molecule has 0 aliphatic rings. The van der Waals surface area contributed by atoms with Crippen LogP contribution >= 0.6 is 0 Å². The number of aromatic carboxylic acids is 2. The quantitative estimate of drug-likeness (QED) is 0.685. The van der Waals surface area contributed by atoms with Crippen LogP contribution in [0, 0.1) is 0 Å². The molecule has 0 fully saturated rings.